The molecule has 0 unspecified atom stereocenters. The highest BCUT2D eigenvalue weighted by Gasteiger charge is 2.16. The molecule has 0 aliphatic rings. The zero-order valence-electron chi connectivity index (χ0n) is 10.2. The molecule has 4 heteroatoms. The van der Waals surface area contributed by atoms with Gasteiger partial charge in [-0.1, -0.05) is 6.07 Å². The van der Waals surface area contributed by atoms with Crippen molar-refractivity contribution in [3.8, 4) is 5.75 Å². The van der Waals surface area contributed by atoms with E-state index in [-0.39, 0.29) is 11.7 Å². The number of benzene rings is 1. The molecule has 1 aromatic rings. The van der Waals surface area contributed by atoms with Gasteiger partial charge in [-0.2, -0.15) is 0 Å². The van der Waals surface area contributed by atoms with Crippen LogP contribution in [0.3, 0.4) is 0 Å². The van der Waals surface area contributed by atoms with Gasteiger partial charge in [0.25, 0.3) is 5.91 Å². The molecule has 0 aliphatic heterocycles. The van der Waals surface area contributed by atoms with Crippen LogP contribution in [0.25, 0.3) is 0 Å². The monoisotopic (exact) mass is 255 g/mol. The summed E-state index contributed by atoms with van der Waals surface area (Å²) in [4.78, 5) is 14.0. The maximum atomic E-state index is 12.2. The summed E-state index contributed by atoms with van der Waals surface area (Å²) >= 11 is 5.63. The van der Waals surface area contributed by atoms with Crippen molar-refractivity contribution in [2.45, 2.75) is 20.3 Å². The van der Waals surface area contributed by atoms with Gasteiger partial charge >= 0.3 is 0 Å². The predicted molar refractivity (Wildman–Crippen MR) is 69.8 cm³/mol. The second-order valence-electron chi connectivity index (χ2n) is 3.88. The van der Waals surface area contributed by atoms with E-state index < -0.39 is 0 Å². The summed E-state index contributed by atoms with van der Waals surface area (Å²) in [6.45, 7) is 4.97. The third-order valence-electron chi connectivity index (χ3n) is 2.77. The number of carbonyl (C=O) groups excluding carboxylic acids is 1. The van der Waals surface area contributed by atoms with E-state index in [9.17, 15) is 9.90 Å². The largest absolute Gasteiger partial charge is 0.508 e. The molecule has 0 saturated heterocycles. The molecule has 0 aromatic heterocycles. The summed E-state index contributed by atoms with van der Waals surface area (Å²) in [5, 5.41) is 9.59. The number of halogens is 1. The molecule has 0 heterocycles. The van der Waals surface area contributed by atoms with Crippen molar-refractivity contribution < 1.29 is 9.90 Å². The number of amides is 1. The van der Waals surface area contributed by atoms with Crippen molar-refractivity contribution in [3.63, 3.8) is 0 Å². The Hall–Kier alpha value is -1.22. The van der Waals surface area contributed by atoms with E-state index in [1.807, 2.05) is 6.92 Å². The molecule has 1 aromatic carbocycles. The zero-order valence-corrected chi connectivity index (χ0v) is 11.0. The summed E-state index contributed by atoms with van der Waals surface area (Å²) in [6, 6.07) is 5.01. The first-order valence-corrected chi connectivity index (χ1v) is 6.29. The number of hydrogen-bond acceptors (Lipinski definition) is 2. The minimum atomic E-state index is -0.0500. The number of carbonyl (C=O) groups is 1. The van der Waals surface area contributed by atoms with Gasteiger partial charge in [-0.3, -0.25) is 4.79 Å². The van der Waals surface area contributed by atoms with Gasteiger partial charge in [0.05, 0.1) is 0 Å². The summed E-state index contributed by atoms with van der Waals surface area (Å²) in [5.74, 6) is 0.651. The third kappa shape index (κ3) is 3.37. The van der Waals surface area contributed by atoms with Crippen molar-refractivity contribution in [2.75, 3.05) is 19.0 Å². The van der Waals surface area contributed by atoms with Gasteiger partial charge in [0.2, 0.25) is 0 Å². The average molecular weight is 256 g/mol. The molecule has 0 aliphatic carbocycles. The Labute approximate surface area is 107 Å². The fourth-order valence-corrected chi connectivity index (χ4v) is 1.80. The van der Waals surface area contributed by atoms with Gasteiger partial charge in [-0.05, 0) is 32.4 Å². The van der Waals surface area contributed by atoms with E-state index in [1.54, 1.807) is 30.0 Å². The van der Waals surface area contributed by atoms with Crippen molar-refractivity contribution in [1.29, 1.82) is 0 Å². The van der Waals surface area contributed by atoms with Crippen LogP contribution in [0, 0.1) is 6.92 Å². The van der Waals surface area contributed by atoms with Crippen LogP contribution in [-0.4, -0.2) is 34.9 Å². The van der Waals surface area contributed by atoms with E-state index in [4.69, 9.17) is 11.6 Å². The standard InChI is InChI=1S/C13H18ClNO2/c1-3-15(9-5-8-14)13(17)11-6-4-7-12(16)10(11)2/h4,6-7,16H,3,5,8-9H2,1-2H3. The Morgan fingerprint density at radius 2 is 2.18 bits per heavy atom. The number of alkyl halides is 1. The van der Waals surface area contributed by atoms with Crippen LogP contribution in [0.1, 0.15) is 29.3 Å². The van der Waals surface area contributed by atoms with Gasteiger partial charge in [0, 0.05) is 30.1 Å². The Balaban J connectivity index is 2.90. The molecule has 17 heavy (non-hydrogen) atoms. The fourth-order valence-electron chi connectivity index (χ4n) is 1.68. The molecule has 0 atom stereocenters. The number of hydrogen-bond donors (Lipinski definition) is 1. The van der Waals surface area contributed by atoms with E-state index in [1.165, 1.54) is 0 Å². The summed E-state index contributed by atoms with van der Waals surface area (Å²) in [5.41, 5.74) is 1.18. The Morgan fingerprint density at radius 1 is 1.47 bits per heavy atom. The molecule has 0 saturated carbocycles. The molecule has 0 fully saturated rings. The lowest BCUT2D eigenvalue weighted by atomic mass is 10.1. The maximum absolute atomic E-state index is 12.2. The summed E-state index contributed by atoms with van der Waals surface area (Å²) in [7, 11) is 0. The summed E-state index contributed by atoms with van der Waals surface area (Å²) in [6.07, 6.45) is 0.777. The van der Waals surface area contributed by atoms with Crippen LogP contribution >= 0.6 is 11.6 Å². The highest BCUT2D eigenvalue weighted by molar-refractivity contribution is 6.17. The predicted octanol–water partition coefficient (Wildman–Crippen LogP) is 2.79. The van der Waals surface area contributed by atoms with Crippen molar-refractivity contribution in [3.05, 3.63) is 29.3 Å². The van der Waals surface area contributed by atoms with Crippen molar-refractivity contribution >= 4 is 17.5 Å². The fraction of sp³-hybridized carbons (Fsp3) is 0.462. The molecule has 0 radical (unpaired) electrons. The first kappa shape index (κ1) is 13.8. The molecule has 3 nitrogen and oxygen atoms in total. The molecular weight excluding hydrogens is 238 g/mol. The first-order valence-electron chi connectivity index (χ1n) is 5.75. The van der Waals surface area contributed by atoms with Crippen LogP contribution < -0.4 is 0 Å². The summed E-state index contributed by atoms with van der Waals surface area (Å²) < 4.78 is 0. The highest BCUT2D eigenvalue weighted by Crippen LogP contribution is 2.20. The van der Waals surface area contributed by atoms with Gasteiger partial charge in [0.1, 0.15) is 5.75 Å². The van der Waals surface area contributed by atoms with Crippen molar-refractivity contribution in [2.24, 2.45) is 0 Å². The quantitative estimate of drug-likeness (QED) is 0.822. The van der Waals surface area contributed by atoms with Gasteiger partial charge in [-0.25, -0.2) is 0 Å². The lowest BCUT2D eigenvalue weighted by Crippen LogP contribution is -2.32. The minimum absolute atomic E-state index is 0.0500. The lowest BCUT2D eigenvalue weighted by molar-refractivity contribution is 0.0763. The average Bonchev–Trinajstić information content (AvgIpc) is 2.33. The van der Waals surface area contributed by atoms with Crippen LogP contribution in [-0.2, 0) is 0 Å². The van der Waals surface area contributed by atoms with E-state index >= 15 is 0 Å². The van der Waals surface area contributed by atoms with Crippen LogP contribution in [0.2, 0.25) is 0 Å². The second kappa shape index (κ2) is 6.50. The van der Waals surface area contributed by atoms with Crippen molar-refractivity contribution in [1.82, 2.24) is 4.90 Å². The Kier molecular flexibility index (Phi) is 5.29. The van der Waals surface area contributed by atoms with Gasteiger partial charge in [0.15, 0.2) is 0 Å². The van der Waals surface area contributed by atoms with E-state index in [0.29, 0.717) is 30.1 Å². The molecule has 0 spiro atoms. The first-order chi connectivity index (χ1) is 8.11. The van der Waals surface area contributed by atoms with Crippen LogP contribution in [0.5, 0.6) is 5.75 Å². The van der Waals surface area contributed by atoms with Gasteiger partial charge in [-0.15, -0.1) is 11.6 Å². The third-order valence-corrected chi connectivity index (χ3v) is 3.03. The normalized spacial score (nSPS) is 10.3. The highest BCUT2D eigenvalue weighted by atomic mass is 35.5. The van der Waals surface area contributed by atoms with E-state index in [0.717, 1.165) is 6.42 Å². The zero-order chi connectivity index (χ0) is 12.8. The Bertz CT molecular complexity index is 393. The van der Waals surface area contributed by atoms with E-state index in [2.05, 4.69) is 0 Å². The smallest absolute Gasteiger partial charge is 0.254 e. The number of rotatable bonds is 5. The van der Waals surface area contributed by atoms with Crippen LogP contribution in [0.4, 0.5) is 0 Å². The molecule has 1 rings (SSSR count). The molecule has 1 amide bonds. The topological polar surface area (TPSA) is 40.5 Å². The molecular formula is C13H18ClNO2. The van der Waals surface area contributed by atoms with Crippen LogP contribution in [0.15, 0.2) is 18.2 Å². The minimum Gasteiger partial charge on any atom is -0.508 e. The number of phenolic OH excluding ortho intramolecular Hbond substituents is 1. The lowest BCUT2D eigenvalue weighted by Gasteiger charge is -2.21. The molecule has 1 N–H and O–H groups in total. The molecule has 0 bridgehead atoms. The maximum Gasteiger partial charge on any atom is 0.254 e. The number of nitrogens with zero attached hydrogens (tertiary/aromatic N) is 1. The second-order valence-corrected chi connectivity index (χ2v) is 4.26. The SMILES string of the molecule is CCN(CCCCl)C(=O)c1cccc(O)c1C. The number of phenols is 1. The Morgan fingerprint density at radius 3 is 2.76 bits per heavy atom. The molecule has 94 valence electrons. The number of aromatic hydroxyl groups is 1. The van der Waals surface area contributed by atoms with Gasteiger partial charge < -0.3 is 10.0 Å².